The maximum absolute atomic E-state index is 13.2. The van der Waals surface area contributed by atoms with E-state index in [0.29, 0.717) is 4.47 Å². The zero-order valence-corrected chi connectivity index (χ0v) is 9.15. The lowest BCUT2D eigenvalue weighted by atomic mass is 10.1. The highest BCUT2D eigenvalue weighted by atomic mass is 79.9. The number of aliphatic hydroxyl groups is 1. The van der Waals surface area contributed by atoms with Crippen LogP contribution in [0.3, 0.4) is 0 Å². The van der Waals surface area contributed by atoms with E-state index in [1.807, 2.05) is 0 Å². The fourth-order valence-corrected chi connectivity index (χ4v) is 1.45. The van der Waals surface area contributed by atoms with E-state index in [0.717, 1.165) is 0 Å². The highest BCUT2D eigenvalue weighted by molar-refractivity contribution is 9.10. The second kappa shape index (κ2) is 3.96. The average molecular weight is 266 g/mol. The lowest BCUT2D eigenvalue weighted by Gasteiger charge is -2.21. The number of nitrogens with two attached hydrogens (primary N) is 1. The van der Waals surface area contributed by atoms with Crippen molar-refractivity contribution >= 4 is 28.6 Å². The molecule has 1 atom stereocenters. The summed E-state index contributed by atoms with van der Waals surface area (Å²) in [5.41, 5.74) is 3.74. The molecule has 0 heterocycles. The van der Waals surface area contributed by atoms with Crippen LogP contribution in [0.5, 0.6) is 0 Å². The molecule has 1 aromatic rings. The molecule has 0 aliphatic heterocycles. The lowest BCUT2D eigenvalue weighted by molar-refractivity contribution is 0.0664. The molecule has 0 saturated heterocycles. The largest absolute Gasteiger partial charge is 0.371 e. The van der Waals surface area contributed by atoms with Crippen LogP contribution in [-0.4, -0.2) is 10.9 Å². The minimum Gasteiger partial charge on any atom is -0.371 e. The van der Waals surface area contributed by atoms with Crippen LogP contribution in [0.15, 0.2) is 22.7 Å². The molecule has 2 nitrogen and oxygen atoms in total. The molecule has 13 heavy (non-hydrogen) atoms. The van der Waals surface area contributed by atoms with Gasteiger partial charge in [0, 0.05) is 15.8 Å². The smallest absolute Gasteiger partial charge is 0.151 e. The number of rotatable bonds is 2. The van der Waals surface area contributed by atoms with Crippen LogP contribution in [0, 0.1) is 5.82 Å². The third-order valence-electron chi connectivity index (χ3n) is 1.64. The SMILES string of the molecule is N[C@@](O)(CS)c1cc(Br)ccc1F. The van der Waals surface area contributed by atoms with Gasteiger partial charge in [-0.05, 0) is 18.2 Å². The molecular formula is C8H9BrFNOS. The summed E-state index contributed by atoms with van der Waals surface area (Å²) in [5.74, 6) is -0.581. The van der Waals surface area contributed by atoms with E-state index in [9.17, 15) is 9.50 Å². The highest BCUT2D eigenvalue weighted by Gasteiger charge is 2.25. The molecule has 0 bridgehead atoms. The van der Waals surface area contributed by atoms with E-state index < -0.39 is 11.5 Å². The average Bonchev–Trinajstić information content (AvgIpc) is 2.09. The molecular weight excluding hydrogens is 257 g/mol. The summed E-state index contributed by atoms with van der Waals surface area (Å²) in [6.45, 7) is 0. The third-order valence-corrected chi connectivity index (χ3v) is 2.61. The monoisotopic (exact) mass is 265 g/mol. The van der Waals surface area contributed by atoms with Crippen LogP contribution in [0.25, 0.3) is 0 Å². The molecule has 1 rings (SSSR count). The van der Waals surface area contributed by atoms with Crippen molar-refractivity contribution in [3.05, 3.63) is 34.1 Å². The molecule has 0 aliphatic rings. The van der Waals surface area contributed by atoms with E-state index in [-0.39, 0.29) is 11.3 Å². The molecule has 5 heteroatoms. The molecule has 0 radical (unpaired) electrons. The Bertz CT molecular complexity index is 319. The molecule has 0 amide bonds. The first-order chi connectivity index (χ1) is 5.97. The Labute approximate surface area is 89.5 Å². The van der Waals surface area contributed by atoms with Gasteiger partial charge in [0.2, 0.25) is 0 Å². The standard InChI is InChI=1S/C8H9BrFNOS/c9-5-1-2-7(10)6(3-5)8(11,12)4-13/h1-3,12-13H,4,11H2/t8-/m1/s1. The molecule has 0 unspecified atom stereocenters. The second-order valence-corrected chi connectivity index (χ2v) is 3.94. The first-order valence-corrected chi connectivity index (χ1v) is 4.97. The van der Waals surface area contributed by atoms with E-state index >= 15 is 0 Å². The van der Waals surface area contributed by atoms with Gasteiger partial charge in [0.05, 0.1) is 0 Å². The summed E-state index contributed by atoms with van der Waals surface area (Å²) < 4.78 is 13.8. The maximum Gasteiger partial charge on any atom is 0.151 e. The van der Waals surface area contributed by atoms with Crippen LogP contribution in [-0.2, 0) is 5.72 Å². The van der Waals surface area contributed by atoms with Crippen molar-refractivity contribution in [3.8, 4) is 0 Å². The van der Waals surface area contributed by atoms with Gasteiger partial charge < -0.3 is 5.11 Å². The summed E-state index contributed by atoms with van der Waals surface area (Å²) in [4.78, 5) is 0. The van der Waals surface area contributed by atoms with Gasteiger partial charge in [0.15, 0.2) is 5.72 Å². The van der Waals surface area contributed by atoms with Crippen molar-refractivity contribution in [2.75, 3.05) is 5.75 Å². The zero-order valence-electron chi connectivity index (χ0n) is 6.67. The molecule has 1 aromatic carbocycles. The van der Waals surface area contributed by atoms with Crippen molar-refractivity contribution in [3.63, 3.8) is 0 Å². The Morgan fingerprint density at radius 2 is 2.23 bits per heavy atom. The zero-order chi connectivity index (χ0) is 10.1. The molecule has 0 spiro atoms. The van der Waals surface area contributed by atoms with Gasteiger partial charge in [-0.25, -0.2) is 4.39 Å². The van der Waals surface area contributed by atoms with Crippen molar-refractivity contribution in [1.82, 2.24) is 0 Å². The molecule has 0 saturated carbocycles. The Morgan fingerprint density at radius 1 is 1.62 bits per heavy atom. The van der Waals surface area contributed by atoms with Crippen LogP contribution in [0.2, 0.25) is 0 Å². The number of halogens is 2. The minimum absolute atomic E-state index is 0.0388. The van der Waals surface area contributed by atoms with Gasteiger partial charge >= 0.3 is 0 Å². The number of thiol groups is 1. The van der Waals surface area contributed by atoms with Crippen LogP contribution < -0.4 is 5.73 Å². The minimum atomic E-state index is -1.73. The van der Waals surface area contributed by atoms with Crippen LogP contribution in [0.4, 0.5) is 4.39 Å². The molecule has 0 fully saturated rings. The maximum atomic E-state index is 13.2. The quantitative estimate of drug-likeness (QED) is 0.562. The van der Waals surface area contributed by atoms with Gasteiger partial charge in [-0.3, -0.25) is 5.73 Å². The van der Waals surface area contributed by atoms with Crippen LogP contribution >= 0.6 is 28.6 Å². The highest BCUT2D eigenvalue weighted by Crippen LogP contribution is 2.23. The fourth-order valence-electron chi connectivity index (χ4n) is 0.914. The molecule has 0 aliphatic carbocycles. The number of benzene rings is 1. The van der Waals surface area contributed by atoms with Gasteiger partial charge in [0.1, 0.15) is 5.82 Å². The Hall–Kier alpha value is -0.100. The molecule has 3 N–H and O–H groups in total. The Kier molecular flexibility index (Phi) is 3.34. The van der Waals surface area contributed by atoms with Crippen molar-refractivity contribution in [2.45, 2.75) is 5.72 Å². The van der Waals surface area contributed by atoms with Crippen LogP contribution in [0.1, 0.15) is 5.56 Å². The fraction of sp³-hybridized carbons (Fsp3) is 0.250. The summed E-state index contributed by atoms with van der Waals surface area (Å²) in [7, 11) is 0. The van der Waals surface area contributed by atoms with E-state index in [4.69, 9.17) is 5.73 Å². The molecule has 0 aromatic heterocycles. The third kappa shape index (κ3) is 2.43. The van der Waals surface area contributed by atoms with Crippen molar-refractivity contribution in [1.29, 1.82) is 0 Å². The van der Waals surface area contributed by atoms with E-state index in [1.54, 1.807) is 0 Å². The van der Waals surface area contributed by atoms with Gasteiger partial charge in [-0.2, -0.15) is 12.6 Å². The first kappa shape index (κ1) is 11.0. The lowest BCUT2D eigenvalue weighted by Crippen LogP contribution is -2.39. The summed E-state index contributed by atoms with van der Waals surface area (Å²) in [6, 6.07) is 4.21. The summed E-state index contributed by atoms with van der Waals surface area (Å²) in [6.07, 6.45) is 0. The second-order valence-electron chi connectivity index (χ2n) is 2.71. The van der Waals surface area contributed by atoms with Gasteiger partial charge in [0.25, 0.3) is 0 Å². The van der Waals surface area contributed by atoms with Gasteiger partial charge in [-0.15, -0.1) is 0 Å². The predicted octanol–water partition coefficient (Wildman–Crippen LogP) is 1.62. The normalized spacial score (nSPS) is 15.5. The predicted molar refractivity (Wildman–Crippen MR) is 56.0 cm³/mol. The first-order valence-electron chi connectivity index (χ1n) is 3.55. The Balaban J connectivity index is 3.20. The topological polar surface area (TPSA) is 46.2 Å². The van der Waals surface area contributed by atoms with Crippen molar-refractivity contribution < 1.29 is 9.50 Å². The number of hydrogen-bond donors (Lipinski definition) is 3. The Morgan fingerprint density at radius 3 is 2.77 bits per heavy atom. The van der Waals surface area contributed by atoms with E-state index in [2.05, 4.69) is 28.6 Å². The van der Waals surface area contributed by atoms with E-state index in [1.165, 1.54) is 18.2 Å². The summed E-state index contributed by atoms with van der Waals surface area (Å²) in [5, 5.41) is 9.54. The van der Waals surface area contributed by atoms with Gasteiger partial charge in [-0.1, -0.05) is 15.9 Å². The van der Waals surface area contributed by atoms with Crippen molar-refractivity contribution in [2.24, 2.45) is 5.73 Å². The summed E-state index contributed by atoms with van der Waals surface area (Å²) >= 11 is 7.00. The number of hydrogen-bond acceptors (Lipinski definition) is 3. The molecule has 72 valence electrons.